The number of aryl methyl sites for hydroxylation is 2. The number of aromatic nitrogens is 2. The molecule has 0 radical (unpaired) electrons. The summed E-state index contributed by atoms with van der Waals surface area (Å²) in [6, 6.07) is 12.4. The van der Waals surface area contributed by atoms with Crippen molar-refractivity contribution >= 4 is 34.6 Å². The van der Waals surface area contributed by atoms with E-state index in [0.717, 1.165) is 54.4 Å². The highest BCUT2D eigenvalue weighted by Gasteiger charge is 2.24. The fourth-order valence-corrected chi connectivity index (χ4v) is 4.65. The van der Waals surface area contributed by atoms with E-state index in [1.54, 1.807) is 5.01 Å². The molecule has 0 unspecified atom stereocenters. The maximum Gasteiger partial charge on any atom is 0.280 e. The first kappa shape index (κ1) is 24.0. The van der Waals surface area contributed by atoms with Gasteiger partial charge < -0.3 is 4.90 Å². The molecule has 1 aliphatic rings. The molecule has 1 fully saturated rings. The topological polar surface area (TPSA) is 64.6 Å². The Morgan fingerprint density at radius 2 is 1.68 bits per heavy atom. The van der Waals surface area contributed by atoms with Gasteiger partial charge in [-0.05, 0) is 57.0 Å². The van der Waals surface area contributed by atoms with Gasteiger partial charge in [0.15, 0.2) is 0 Å². The number of nitrogens with one attached hydrogen (secondary N) is 1. The minimum absolute atomic E-state index is 0.247. The van der Waals surface area contributed by atoms with Crippen molar-refractivity contribution in [3.63, 3.8) is 0 Å². The van der Waals surface area contributed by atoms with Gasteiger partial charge in [-0.2, -0.15) is 0 Å². The molecule has 0 aliphatic carbocycles. The van der Waals surface area contributed by atoms with Crippen molar-refractivity contribution in [2.24, 2.45) is 0 Å². The average molecular weight is 479 g/mol. The molecule has 34 heavy (non-hydrogen) atoms. The molecule has 8 heteroatoms. The average Bonchev–Trinajstić information content (AvgIpc) is 2.83. The second-order valence-electron chi connectivity index (χ2n) is 8.90. The molecule has 1 aromatic heterocycles. The van der Waals surface area contributed by atoms with E-state index < -0.39 is 0 Å². The molecule has 2 heterocycles. The molecule has 0 saturated carbocycles. The molecule has 1 saturated heterocycles. The van der Waals surface area contributed by atoms with Crippen molar-refractivity contribution in [2.45, 2.75) is 33.7 Å². The number of anilines is 3. The van der Waals surface area contributed by atoms with E-state index in [0.29, 0.717) is 16.6 Å². The summed E-state index contributed by atoms with van der Waals surface area (Å²) in [6.07, 6.45) is 4.45. The summed E-state index contributed by atoms with van der Waals surface area (Å²) in [6.45, 7) is 12.3. The highest BCUT2D eigenvalue weighted by Crippen LogP contribution is 2.32. The standard InChI is InChI=1S/C26H31ClN6O/c1-18(2)31-10-12-32(13-11-31)24-9-8-22(14-23(24)27)30-33(25-19(3)6-5-7-20(25)4)26(34)21-15-28-17-29-16-21/h5-9,14-18,30H,10-13H2,1-4H3. The zero-order valence-electron chi connectivity index (χ0n) is 20.1. The fraction of sp³-hybridized carbons (Fsp3) is 0.346. The van der Waals surface area contributed by atoms with Crippen molar-refractivity contribution in [2.75, 3.05) is 41.5 Å². The molecular formula is C26H31ClN6O. The summed E-state index contributed by atoms with van der Waals surface area (Å²) in [4.78, 5) is 26.3. The lowest BCUT2D eigenvalue weighted by Gasteiger charge is -2.38. The SMILES string of the molecule is Cc1cccc(C)c1N(Nc1ccc(N2CCN(C(C)C)CC2)c(Cl)c1)C(=O)c1cncnc1. The Hall–Kier alpha value is -3.16. The van der Waals surface area contributed by atoms with Crippen LogP contribution in [0.2, 0.25) is 5.02 Å². The van der Waals surface area contributed by atoms with Crippen LogP contribution in [0.15, 0.2) is 55.1 Å². The van der Waals surface area contributed by atoms with Crippen LogP contribution in [0.3, 0.4) is 0 Å². The summed E-state index contributed by atoms with van der Waals surface area (Å²) in [5.41, 5.74) is 8.16. The number of carbonyl (C=O) groups excluding carboxylic acids is 1. The van der Waals surface area contributed by atoms with Crippen molar-refractivity contribution in [3.05, 3.63) is 76.8 Å². The monoisotopic (exact) mass is 478 g/mol. The number of hydrogen-bond acceptors (Lipinski definition) is 6. The first-order valence-electron chi connectivity index (χ1n) is 11.6. The van der Waals surface area contributed by atoms with Crippen LogP contribution in [-0.4, -0.2) is 53.0 Å². The maximum absolute atomic E-state index is 13.5. The van der Waals surface area contributed by atoms with Crippen LogP contribution < -0.4 is 15.3 Å². The van der Waals surface area contributed by atoms with Crippen LogP contribution in [0, 0.1) is 13.8 Å². The summed E-state index contributed by atoms with van der Waals surface area (Å²) >= 11 is 6.73. The number of carbonyl (C=O) groups is 1. The van der Waals surface area contributed by atoms with Crippen molar-refractivity contribution < 1.29 is 4.79 Å². The number of hydrazine groups is 1. The van der Waals surface area contributed by atoms with E-state index >= 15 is 0 Å². The third kappa shape index (κ3) is 5.16. The number of hydrogen-bond donors (Lipinski definition) is 1. The molecule has 2 aromatic carbocycles. The van der Waals surface area contributed by atoms with Crippen LogP contribution in [0.4, 0.5) is 17.1 Å². The van der Waals surface area contributed by atoms with Gasteiger partial charge in [-0.1, -0.05) is 29.8 Å². The van der Waals surface area contributed by atoms with Gasteiger partial charge in [0.05, 0.1) is 27.6 Å². The Labute approximate surface area is 206 Å². The first-order valence-corrected chi connectivity index (χ1v) is 11.9. The predicted octanol–water partition coefficient (Wildman–Crippen LogP) is 4.95. The predicted molar refractivity (Wildman–Crippen MR) is 139 cm³/mol. The van der Waals surface area contributed by atoms with Crippen LogP contribution in [0.1, 0.15) is 35.3 Å². The van der Waals surface area contributed by atoms with Gasteiger partial charge in [-0.3, -0.25) is 15.1 Å². The smallest absolute Gasteiger partial charge is 0.280 e. The van der Waals surface area contributed by atoms with E-state index in [1.165, 1.54) is 18.7 Å². The minimum atomic E-state index is -0.247. The summed E-state index contributed by atoms with van der Waals surface area (Å²) in [5, 5.41) is 2.20. The van der Waals surface area contributed by atoms with Gasteiger partial charge >= 0.3 is 0 Å². The minimum Gasteiger partial charge on any atom is -0.368 e. The normalized spacial score (nSPS) is 14.4. The Kier molecular flexibility index (Phi) is 7.34. The third-order valence-electron chi connectivity index (χ3n) is 6.25. The summed E-state index contributed by atoms with van der Waals surface area (Å²) in [7, 11) is 0. The molecular weight excluding hydrogens is 448 g/mol. The zero-order chi connectivity index (χ0) is 24.2. The van der Waals surface area contributed by atoms with Crippen LogP contribution in [0.5, 0.6) is 0 Å². The van der Waals surface area contributed by atoms with E-state index in [-0.39, 0.29) is 5.91 Å². The molecule has 1 N–H and O–H groups in total. The van der Waals surface area contributed by atoms with Crippen molar-refractivity contribution in [3.8, 4) is 0 Å². The molecule has 0 spiro atoms. The maximum atomic E-state index is 13.5. The number of benzene rings is 2. The molecule has 178 valence electrons. The molecule has 1 amide bonds. The zero-order valence-corrected chi connectivity index (χ0v) is 20.9. The lowest BCUT2D eigenvalue weighted by molar-refractivity contribution is 0.0991. The van der Waals surface area contributed by atoms with Crippen LogP contribution in [0.25, 0.3) is 0 Å². The van der Waals surface area contributed by atoms with Gasteiger partial charge in [0, 0.05) is 44.6 Å². The molecule has 4 rings (SSSR count). The lowest BCUT2D eigenvalue weighted by atomic mass is 10.1. The van der Waals surface area contributed by atoms with Gasteiger partial charge in [-0.25, -0.2) is 15.0 Å². The Bertz CT molecular complexity index is 1130. The molecule has 3 aromatic rings. The Morgan fingerprint density at radius 3 is 2.26 bits per heavy atom. The fourth-order valence-electron chi connectivity index (χ4n) is 4.35. The molecule has 0 atom stereocenters. The quantitative estimate of drug-likeness (QED) is 0.505. The number of para-hydroxylation sites is 1. The van der Waals surface area contributed by atoms with Crippen LogP contribution >= 0.6 is 11.6 Å². The lowest BCUT2D eigenvalue weighted by Crippen LogP contribution is -2.49. The largest absolute Gasteiger partial charge is 0.368 e. The second kappa shape index (κ2) is 10.4. The highest BCUT2D eigenvalue weighted by molar-refractivity contribution is 6.33. The van der Waals surface area contributed by atoms with Gasteiger partial charge in [0.1, 0.15) is 6.33 Å². The first-order chi connectivity index (χ1) is 16.3. The van der Waals surface area contributed by atoms with E-state index in [4.69, 9.17) is 11.6 Å². The van der Waals surface area contributed by atoms with Gasteiger partial charge in [0.2, 0.25) is 0 Å². The van der Waals surface area contributed by atoms with E-state index in [1.807, 2.05) is 50.2 Å². The Balaban J connectivity index is 1.61. The highest BCUT2D eigenvalue weighted by atomic mass is 35.5. The molecule has 0 bridgehead atoms. The van der Waals surface area contributed by atoms with E-state index in [9.17, 15) is 4.79 Å². The molecule has 1 aliphatic heterocycles. The van der Waals surface area contributed by atoms with Crippen molar-refractivity contribution in [1.29, 1.82) is 0 Å². The van der Waals surface area contributed by atoms with E-state index in [2.05, 4.69) is 39.0 Å². The number of halogens is 1. The van der Waals surface area contributed by atoms with Gasteiger partial charge in [-0.15, -0.1) is 0 Å². The van der Waals surface area contributed by atoms with Gasteiger partial charge in [0.25, 0.3) is 5.91 Å². The second-order valence-corrected chi connectivity index (χ2v) is 9.31. The summed E-state index contributed by atoms with van der Waals surface area (Å²) < 4.78 is 0. The van der Waals surface area contributed by atoms with Crippen LogP contribution in [-0.2, 0) is 0 Å². The number of rotatable bonds is 6. The summed E-state index contributed by atoms with van der Waals surface area (Å²) in [5.74, 6) is -0.247. The van der Waals surface area contributed by atoms with Crippen molar-refractivity contribution in [1.82, 2.24) is 14.9 Å². The molecule has 7 nitrogen and oxygen atoms in total. The number of nitrogens with zero attached hydrogens (tertiary/aromatic N) is 5. The Morgan fingerprint density at radius 1 is 1.03 bits per heavy atom. The number of amides is 1. The number of piperazine rings is 1. The third-order valence-corrected chi connectivity index (χ3v) is 6.55.